The number of aryl methyl sites for hydroxylation is 2. The van der Waals surface area contributed by atoms with E-state index in [1.54, 1.807) is 23.6 Å². The number of rotatable bonds is 5. The first kappa shape index (κ1) is 20.2. The van der Waals surface area contributed by atoms with Crippen molar-refractivity contribution >= 4 is 29.5 Å². The Hall–Kier alpha value is -2.13. The summed E-state index contributed by atoms with van der Waals surface area (Å²) in [7, 11) is 3.25. The average Bonchev–Trinajstić information content (AvgIpc) is 3.24. The smallest absolute Gasteiger partial charge is 0.332 e. The minimum atomic E-state index is -0.523. The Morgan fingerprint density at radius 3 is 2.73 bits per heavy atom. The number of fused-ring (bicyclic) bond motifs is 1. The Bertz CT molecular complexity index is 909. The molecule has 0 aliphatic carbocycles. The van der Waals surface area contributed by atoms with E-state index in [4.69, 9.17) is 0 Å². The van der Waals surface area contributed by atoms with Crippen LogP contribution < -0.4 is 16.6 Å². The van der Waals surface area contributed by atoms with Crippen LogP contribution in [0.3, 0.4) is 0 Å². The topological polar surface area (TPSA) is 94.2 Å². The zero-order chi connectivity index (χ0) is 18.1. The van der Waals surface area contributed by atoms with E-state index in [1.165, 1.54) is 10.9 Å². The third-order valence-electron chi connectivity index (χ3n) is 4.75. The van der Waals surface area contributed by atoms with Crippen molar-refractivity contribution in [3.05, 3.63) is 27.2 Å². The number of hydrogen-bond acceptors (Lipinski definition) is 5. The van der Waals surface area contributed by atoms with Gasteiger partial charge < -0.3 is 14.8 Å². The first-order valence-corrected chi connectivity index (χ1v) is 8.56. The molecule has 10 heteroatoms. The predicted molar refractivity (Wildman–Crippen MR) is 101 cm³/mol. The van der Waals surface area contributed by atoms with Crippen molar-refractivity contribution in [3.63, 3.8) is 0 Å². The standard InChI is InChI=1S/C16H24N6O3.ClH/c1-4-7-21(11-5-6-17-8-11)12(23)9-22-15(24)13-14(18-10-19(13)2)20(3)16(22)25;/h10-11,17H,4-9H2,1-3H3;1H. The molecule has 0 bridgehead atoms. The van der Waals surface area contributed by atoms with E-state index in [1.807, 2.05) is 6.92 Å². The SMILES string of the molecule is CCCN(C(=O)Cn1c(=O)c2c(ncn2C)n(C)c1=O)C1CCNC1.Cl. The summed E-state index contributed by atoms with van der Waals surface area (Å²) in [6.07, 6.45) is 3.21. The fraction of sp³-hybridized carbons (Fsp3) is 0.625. The Labute approximate surface area is 157 Å². The molecule has 1 N–H and O–H groups in total. The molecular formula is C16H25ClN6O3. The molecule has 2 aromatic heterocycles. The van der Waals surface area contributed by atoms with Gasteiger partial charge in [0.2, 0.25) is 5.91 Å². The maximum absolute atomic E-state index is 12.8. The van der Waals surface area contributed by atoms with Crippen LogP contribution in [0.25, 0.3) is 11.2 Å². The highest BCUT2D eigenvalue weighted by Gasteiger charge is 2.27. The van der Waals surface area contributed by atoms with Gasteiger partial charge in [-0.25, -0.2) is 14.3 Å². The van der Waals surface area contributed by atoms with Crippen LogP contribution in [0.15, 0.2) is 15.9 Å². The first-order valence-electron chi connectivity index (χ1n) is 8.56. The van der Waals surface area contributed by atoms with Crippen molar-refractivity contribution < 1.29 is 4.79 Å². The maximum atomic E-state index is 12.8. The number of halogens is 1. The molecule has 26 heavy (non-hydrogen) atoms. The molecule has 1 saturated heterocycles. The molecule has 3 heterocycles. The van der Waals surface area contributed by atoms with Crippen LogP contribution >= 0.6 is 12.4 Å². The minimum absolute atomic E-state index is 0. The molecule has 1 aliphatic heterocycles. The fourth-order valence-electron chi connectivity index (χ4n) is 3.42. The third-order valence-corrected chi connectivity index (χ3v) is 4.75. The van der Waals surface area contributed by atoms with Crippen LogP contribution in [0.5, 0.6) is 0 Å². The van der Waals surface area contributed by atoms with E-state index < -0.39 is 11.2 Å². The lowest BCUT2D eigenvalue weighted by Gasteiger charge is -2.28. The van der Waals surface area contributed by atoms with Gasteiger partial charge in [-0.15, -0.1) is 12.4 Å². The summed E-state index contributed by atoms with van der Waals surface area (Å²) in [6.45, 7) is 4.01. The van der Waals surface area contributed by atoms with Crippen molar-refractivity contribution in [1.82, 2.24) is 28.9 Å². The summed E-state index contributed by atoms with van der Waals surface area (Å²) >= 11 is 0. The van der Waals surface area contributed by atoms with Gasteiger partial charge in [0.05, 0.1) is 6.33 Å². The Morgan fingerprint density at radius 1 is 1.38 bits per heavy atom. The zero-order valence-electron chi connectivity index (χ0n) is 15.3. The van der Waals surface area contributed by atoms with Gasteiger partial charge in [-0.1, -0.05) is 6.92 Å². The number of carbonyl (C=O) groups excluding carboxylic acids is 1. The van der Waals surface area contributed by atoms with Crippen LogP contribution in [0, 0.1) is 0 Å². The largest absolute Gasteiger partial charge is 0.337 e. The van der Waals surface area contributed by atoms with Crippen LogP contribution in [0.4, 0.5) is 0 Å². The average molecular weight is 385 g/mol. The van der Waals surface area contributed by atoms with Gasteiger partial charge in [-0.2, -0.15) is 0 Å². The van der Waals surface area contributed by atoms with Crippen LogP contribution in [-0.4, -0.2) is 55.2 Å². The molecule has 0 aromatic carbocycles. The van der Waals surface area contributed by atoms with Gasteiger partial charge in [-0.3, -0.25) is 14.2 Å². The third kappa shape index (κ3) is 3.41. The van der Waals surface area contributed by atoms with Gasteiger partial charge >= 0.3 is 5.69 Å². The molecule has 144 valence electrons. The molecule has 2 aromatic rings. The number of carbonyl (C=O) groups is 1. The predicted octanol–water partition coefficient (Wildman–Crippen LogP) is -0.544. The second-order valence-corrected chi connectivity index (χ2v) is 6.49. The van der Waals surface area contributed by atoms with Gasteiger partial charge in [-0.05, 0) is 19.4 Å². The normalized spacial score (nSPS) is 16.7. The Balaban J connectivity index is 0.00000243. The lowest BCUT2D eigenvalue weighted by molar-refractivity contribution is -0.134. The molecule has 0 radical (unpaired) electrons. The summed E-state index contributed by atoms with van der Waals surface area (Å²) in [5, 5.41) is 3.25. The monoisotopic (exact) mass is 384 g/mol. The molecule has 0 spiro atoms. The highest BCUT2D eigenvalue weighted by molar-refractivity contribution is 5.85. The van der Waals surface area contributed by atoms with E-state index >= 15 is 0 Å². The summed E-state index contributed by atoms with van der Waals surface area (Å²) in [4.78, 5) is 44.0. The van der Waals surface area contributed by atoms with Crippen molar-refractivity contribution in [1.29, 1.82) is 0 Å². The quantitative estimate of drug-likeness (QED) is 0.747. The highest BCUT2D eigenvalue weighted by Crippen LogP contribution is 2.10. The molecule has 1 atom stereocenters. The second kappa shape index (κ2) is 8.05. The molecule has 9 nitrogen and oxygen atoms in total. The van der Waals surface area contributed by atoms with Gasteiger partial charge in [0.15, 0.2) is 11.2 Å². The maximum Gasteiger partial charge on any atom is 0.332 e. The van der Waals surface area contributed by atoms with E-state index in [9.17, 15) is 14.4 Å². The van der Waals surface area contributed by atoms with E-state index in [2.05, 4.69) is 10.3 Å². The molecule has 3 rings (SSSR count). The number of aromatic nitrogens is 4. The van der Waals surface area contributed by atoms with Crippen molar-refractivity contribution in [2.75, 3.05) is 19.6 Å². The van der Waals surface area contributed by atoms with Gasteiger partial charge in [0.25, 0.3) is 5.56 Å². The number of nitrogens with one attached hydrogen (secondary N) is 1. The highest BCUT2D eigenvalue weighted by atomic mass is 35.5. The molecule has 1 aliphatic rings. The van der Waals surface area contributed by atoms with Crippen molar-refractivity contribution in [2.45, 2.75) is 32.4 Å². The van der Waals surface area contributed by atoms with Gasteiger partial charge in [0, 0.05) is 33.2 Å². The second-order valence-electron chi connectivity index (χ2n) is 6.49. The van der Waals surface area contributed by atoms with Crippen molar-refractivity contribution in [3.8, 4) is 0 Å². The summed E-state index contributed by atoms with van der Waals surface area (Å²) < 4.78 is 3.89. The van der Waals surface area contributed by atoms with E-state index in [0.29, 0.717) is 17.7 Å². The minimum Gasteiger partial charge on any atom is -0.337 e. The van der Waals surface area contributed by atoms with Crippen LogP contribution in [0.1, 0.15) is 19.8 Å². The van der Waals surface area contributed by atoms with Gasteiger partial charge in [0.1, 0.15) is 6.54 Å². The summed E-state index contributed by atoms with van der Waals surface area (Å²) in [6, 6.07) is 0.118. The fourth-order valence-corrected chi connectivity index (χ4v) is 3.42. The van der Waals surface area contributed by atoms with Crippen molar-refractivity contribution in [2.24, 2.45) is 14.1 Å². The molecule has 1 amide bonds. The molecule has 1 fully saturated rings. The number of hydrogen-bond donors (Lipinski definition) is 1. The summed E-state index contributed by atoms with van der Waals surface area (Å²) in [5.41, 5.74) is -0.357. The molecule has 0 saturated carbocycles. The first-order chi connectivity index (χ1) is 12.0. The zero-order valence-corrected chi connectivity index (χ0v) is 16.1. The number of nitrogens with zero attached hydrogens (tertiary/aromatic N) is 5. The number of imidazole rings is 1. The Morgan fingerprint density at radius 2 is 2.12 bits per heavy atom. The van der Waals surface area contributed by atoms with Crippen LogP contribution in [0.2, 0.25) is 0 Å². The lowest BCUT2D eigenvalue weighted by atomic mass is 10.2. The molecular weight excluding hydrogens is 360 g/mol. The molecule has 1 unspecified atom stereocenters. The lowest BCUT2D eigenvalue weighted by Crippen LogP contribution is -2.48. The number of amides is 1. The van der Waals surface area contributed by atoms with E-state index in [0.717, 1.165) is 30.5 Å². The Kier molecular flexibility index (Phi) is 6.25. The van der Waals surface area contributed by atoms with Crippen LogP contribution in [-0.2, 0) is 25.4 Å². The summed E-state index contributed by atoms with van der Waals surface area (Å²) in [5.74, 6) is -0.198. The van der Waals surface area contributed by atoms with E-state index in [-0.39, 0.29) is 30.9 Å².